The van der Waals surface area contributed by atoms with Gasteiger partial charge in [-0.1, -0.05) is 60.2 Å². The molecule has 0 saturated carbocycles. The number of piperazine rings is 1. The van der Waals surface area contributed by atoms with Gasteiger partial charge in [0.05, 0.1) is 0 Å². The average Bonchev–Trinajstić information content (AvgIpc) is 3.51. The van der Waals surface area contributed by atoms with Crippen molar-refractivity contribution in [2.45, 2.75) is 38.8 Å². The van der Waals surface area contributed by atoms with E-state index in [1.54, 1.807) is 0 Å². The van der Waals surface area contributed by atoms with Crippen molar-refractivity contribution in [3.63, 3.8) is 0 Å². The first kappa shape index (κ1) is 22.0. The molecular weight excluding hydrogens is 430 g/mol. The summed E-state index contributed by atoms with van der Waals surface area (Å²) >= 11 is 1.42. The zero-order valence-corrected chi connectivity index (χ0v) is 20.0. The summed E-state index contributed by atoms with van der Waals surface area (Å²) < 4.78 is 4.59. The Balaban J connectivity index is 1.18. The lowest BCUT2D eigenvalue weighted by Gasteiger charge is -2.37. The lowest BCUT2D eigenvalue weighted by Crippen LogP contribution is -2.53. The molecule has 1 amide bonds. The van der Waals surface area contributed by atoms with Gasteiger partial charge in [-0.2, -0.15) is 4.37 Å². The summed E-state index contributed by atoms with van der Waals surface area (Å²) in [6.45, 7) is 7.36. The molecule has 33 heavy (non-hydrogen) atoms. The second-order valence-corrected chi connectivity index (χ2v) is 9.82. The van der Waals surface area contributed by atoms with E-state index in [0.717, 1.165) is 69.5 Å². The van der Waals surface area contributed by atoms with Gasteiger partial charge < -0.3 is 9.80 Å². The normalized spacial score (nSPS) is 19.2. The van der Waals surface area contributed by atoms with Crippen LogP contribution in [0.15, 0.2) is 54.6 Å². The summed E-state index contributed by atoms with van der Waals surface area (Å²) in [5, 5.41) is 0.885. The minimum atomic E-state index is -0.106. The monoisotopic (exact) mass is 461 g/mol. The second-order valence-electron chi connectivity index (χ2n) is 9.09. The maximum absolute atomic E-state index is 13.4. The number of aryl methyl sites for hydroxylation is 1. The van der Waals surface area contributed by atoms with Crippen molar-refractivity contribution in [3.8, 4) is 0 Å². The van der Waals surface area contributed by atoms with E-state index >= 15 is 0 Å². The Hall–Kier alpha value is -2.77. The van der Waals surface area contributed by atoms with Crippen molar-refractivity contribution < 1.29 is 4.79 Å². The zero-order valence-electron chi connectivity index (χ0n) is 19.2. The van der Waals surface area contributed by atoms with Gasteiger partial charge in [0.15, 0.2) is 0 Å². The van der Waals surface area contributed by atoms with E-state index in [4.69, 9.17) is 4.98 Å². The van der Waals surface area contributed by atoms with Crippen LogP contribution in [0.2, 0.25) is 0 Å². The largest absolute Gasteiger partial charge is 0.338 e. The van der Waals surface area contributed by atoms with Gasteiger partial charge in [0.25, 0.3) is 0 Å². The third-order valence-corrected chi connectivity index (χ3v) is 7.45. The van der Waals surface area contributed by atoms with E-state index in [1.165, 1.54) is 28.2 Å². The fourth-order valence-electron chi connectivity index (χ4n) is 4.75. The number of nitrogens with zero attached hydrogens (tertiary/aromatic N) is 5. The van der Waals surface area contributed by atoms with E-state index in [2.05, 4.69) is 80.6 Å². The molecule has 0 aliphatic carbocycles. The highest BCUT2D eigenvalue weighted by molar-refractivity contribution is 7.09. The Labute approximate surface area is 200 Å². The van der Waals surface area contributed by atoms with E-state index in [-0.39, 0.29) is 11.9 Å². The molecule has 172 valence electrons. The average molecular weight is 462 g/mol. The second kappa shape index (κ2) is 10.0. The third-order valence-electron chi connectivity index (χ3n) is 6.66. The summed E-state index contributed by atoms with van der Waals surface area (Å²) in [6.07, 6.45) is 2.65. The molecule has 3 aromatic rings. The van der Waals surface area contributed by atoms with Crippen LogP contribution in [0.1, 0.15) is 35.4 Å². The molecule has 2 aromatic carbocycles. The minimum absolute atomic E-state index is 0.106. The van der Waals surface area contributed by atoms with Gasteiger partial charge in [0.1, 0.15) is 11.9 Å². The Morgan fingerprint density at radius 3 is 2.48 bits per heavy atom. The minimum Gasteiger partial charge on any atom is -0.338 e. The molecule has 2 aliphatic rings. The van der Waals surface area contributed by atoms with Crippen LogP contribution in [-0.2, 0) is 17.8 Å². The molecule has 0 N–H and O–H groups in total. The molecule has 7 heteroatoms. The summed E-state index contributed by atoms with van der Waals surface area (Å²) in [7, 11) is 0. The van der Waals surface area contributed by atoms with Gasteiger partial charge in [-0.15, -0.1) is 0 Å². The van der Waals surface area contributed by atoms with Crippen LogP contribution < -0.4 is 4.90 Å². The van der Waals surface area contributed by atoms with Crippen molar-refractivity contribution in [3.05, 3.63) is 77.1 Å². The Morgan fingerprint density at radius 1 is 0.970 bits per heavy atom. The number of hydrogen-bond donors (Lipinski definition) is 0. The molecule has 2 aliphatic heterocycles. The number of anilines is 1. The first-order valence-electron chi connectivity index (χ1n) is 11.9. The first-order valence-corrected chi connectivity index (χ1v) is 12.6. The van der Waals surface area contributed by atoms with Crippen LogP contribution in [0.5, 0.6) is 0 Å². The van der Waals surface area contributed by atoms with E-state index in [9.17, 15) is 4.79 Å². The molecular formula is C26H31N5OS. The molecule has 1 aromatic heterocycles. The highest BCUT2D eigenvalue weighted by Crippen LogP contribution is 2.29. The molecule has 6 nitrogen and oxygen atoms in total. The summed E-state index contributed by atoms with van der Waals surface area (Å²) in [6, 6.07) is 19.0. The van der Waals surface area contributed by atoms with Gasteiger partial charge in [-0.05, 0) is 30.9 Å². The lowest BCUT2D eigenvalue weighted by atomic mass is 10.1. The Bertz CT molecular complexity index is 1060. The molecule has 2 fully saturated rings. The Kier molecular flexibility index (Phi) is 6.69. The number of carbonyl (C=O) groups excluding carboxylic acids is 1. The molecule has 3 heterocycles. The topological polar surface area (TPSA) is 52.6 Å². The molecule has 0 radical (unpaired) electrons. The molecule has 1 unspecified atom stereocenters. The zero-order chi connectivity index (χ0) is 22.6. The maximum atomic E-state index is 13.4. The van der Waals surface area contributed by atoms with Crippen molar-refractivity contribution in [2.24, 2.45) is 0 Å². The van der Waals surface area contributed by atoms with E-state index in [0.29, 0.717) is 0 Å². The highest BCUT2D eigenvalue weighted by Gasteiger charge is 2.36. The number of hydrogen-bond acceptors (Lipinski definition) is 6. The Morgan fingerprint density at radius 2 is 1.73 bits per heavy atom. The molecule has 2 saturated heterocycles. The van der Waals surface area contributed by atoms with Gasteiger partial charge in [0.2, 0.25) is 11.0 Å². The van der Waals surface area contributed by atoms with Crippen molar-refractivity contribution in [2.75, 3.05) is 37.6 Å². The van der Waals surface area contributed by atoms with E-state index in [1.807, 2.05) is 0 Å². The van der Waals surface area contributed by atoms with Gasteiger partial charge in [0, 0.05) is 57.2 Å². The third kappa shape index (κ3) is 5.25. The molecule has 0 bridgehead atoms. The summed E-state index contributed by atoms with van der Waals surface area (Å²) in [5.74, 6) is 1.09. The molecule has 1 atom stereocenters. The van der Waals surface area contributed by atoms with Gasteiger partial charge >= 0.3 is 0 Å². The fraction of sp³-hybridized carbons (Fsp3) is 0.423. The quantitative estimate of drug-likeness (QED) is 0.560. The van der Waals surface area contributed by atoms with Crippen molar-refractivity contribution in [1.29, 1.82) is 0 Å². The summed E-state index contributed by atoms with van der Waals surface area (Å²) in [5.41, 5.74) is 3.80. The first-order chi connectivity index (χ1) is 16.2. The van der Waals surface area contributed by atoms with E-state index < -0.39 is 0 Å². The highest BCUT2D eigenvalue weighted by atomic mass is 32.1. The van der Waals surface area contributed by atoms with Crippen molar-refractivity contribution >= 4 is 22.6 Å². The molecule has 0 spiro atoms. The van der Waals surface area contributed by atoms with Crippen LogP contribution >= 0.6 is 11.5 Å². The lowest BCUT2D eigenvalue weighted by molar-refractivity contribution is -0.134. The predicted octanol–water partition coefficient (Wildman–Crippen LogP) is 3.75. The maximum Gasteiger partial charge on any atom is 0.245 e. The van der Waals surface area contributed by atoms with Crippen molar-refractivity contribution in [1.82, 2.24) is 19.2 Å². The number of carbonyl (C=O) groups is 1. The predicted molar refractivity (Wildman–Crippen MR) is 133 cm³/mol. The van der Waals surface area contributed by atoms with Crippen LogP contribution in [0.4, 0.5) is 5.13 Å². The number of rotatable bonds is 6. The molecule has 5 rings (SSSR count). The SMILES string of the molecule is Cc1ccc(Cc2nsc(N3CCCC3C(=O)N3CCN(Cc4ccccc4)CC3)n2)cc1. The van der Waals surface area contributed by atoms with Crippen LogP contribution in [0.25, 0.3) is 0 Å². The number of aromatic nitrogens is 2. The van der Waals surface area contributed by atoms with Crippen LogP contribution in [-0.4, -0.2) is 63.8 Å². The van der Waals surface area contributed by atoms with Crippen LogP contribution in [0, 0.1) is 6.92 Å². The smallest absolute Gasteiger partial charge is 0.245 e. The fourth-order valence-corrected chi connectivity index (χ4v) is 5.51. The number of amides is 1. The van der Waals surface area contributed by atoms with Gasteiger partial charge in [-0.25, -0.2) is 4.98 Å². The van der Waals surface area contributed by atoms with Gasteiger partial charge in [-0.3, -0.25) is 9.69 Å². The van der Waals surface area contributed by atoms with Crippen LogP contribution in [0.3, 0.4) is 0 Å². The summed E-state index contributed by atoms with van der Waals surface area (Å²) in [4.78, 5) is 24.9. The standard InChI is InChI=1S/C26H31N5OS/c1-20-9-11-21(12-10-20)18-24-27-26(33-28-24)31-13-5-8-23(31)25(32)30-16-14-29(15-17-30)19-22-6-3-2-4-7-22/h2-4,6-7,9-12,23H,5,8,13-19H2,1H3. The number of benzene rings is 2.